The largest absolute Gasteiger partial charge is 0.747 e. The van der Waals surface area contributed by atoms with E-state index < -0.39 is 32.0 Å². The molecule has 12 nitrogen and oxygen atoms in total. The summed E-state index contributed by atoms with van der Waals surface area (Å²) in [5.41, 5.74) is 0.304. The van der Waals surface area contributed by atoms with E-state index in [0.29, 0.717) is 23.5 Å². The van der Waals surface area contributed by atoms with E-state index in [1.165, 1.54) is 24.3 Å². The van der Waals surface area contributed by atoms with E-state index in [2.05, 4.69) is 15.2 Å². The third kappa shape index (κ3) is 8.33. The zero-order valence-corrected chi connectivity index (χ0v) is 20.9. The second kappa shape index (κ2) is 14.2. The molecule has 5 N–H and O–H groups in total. The molecule has 0 radical (unpaired) electrons. The highest BCUT2D eigenvalue weighted by Crippen LogP contribution is 2.33. The van der Waals surface area contributed by atoms with Gasteiger partial charge in [-0.05, 0) is 37.1 Å². The van der Waals surface area contributed by atoms with Crippen LogP contribution in [0.3, 0.4) is 0 Å². The van der Waals surface area contributed by atoms with Crippen molar-refractivity contribution >= 4 is 26.5 Å². The molecule has 1 unspecified atom stereocenters. The van der Waals surface area contributed by atoms with Crippen LogP contribution in [0.5, 0.6) is 11.5 Å². The van der Waals surface area contributed by atoms with E-state index in [1.807, 2.05) is 6.92 Å². The second-order valence-corrected chi connectivity index (χ2v) is 8.65. The topological polar surface area (TPSA) is 179 Å². The Morgan fingerprint density at radius 2 is 1.94 bits per heavy atom. The zero-order chi connectivity index (χ0) is 26.7. The van der Waals surface area contributed by atoms with Gasteiger partial charge in [0.1, 0.15) is 11.5 Å². The van der Waals surface area contributed by atoms with Crippen molar-refractivity contribution in [3.63, 3.8) is 0 Å². The van der Waals surface area contributed by atoms with Crippen molar-refractivity contribution in [2.45, 2.75) is 52.0 Å². The number of carbonyl (C=O) groups excluding carboxylic acids is 3. The molecule has 36 heavy (non-hydrogen) atoms. The number of nitrogens with zero attached hydrogens (tertiary/aromatic N) is 1. The molecule has 2 aromatic rings. The third-order valence-corrected chi connectivity index (χ3v) is 5.85. The highest BCUT2D eigenvalue weighted by atomic mass is 31.1. The predicted molar refractivity (Wildman–Crippen MR) is 128 cm³/mol. The maximum absolute atomic E-state index is 12.8. The van der Waals surface area contributed by atoms with Gasteiger partial charge in [-0.25, -0.2) is 9.59 Å². The van der Waals surface area contributed by atoms with Crippen molar-refractivity contribution < 1.29 is 43.1 Å². The zero-order valence-electron chi connectivity index (χ0n) is 20.0. The fraction of sp³-hybridized carbons (Fsp3) is 0.435. The van der Waals surface area contributed by atoms with Crippen LogP contribution in [0, 0.1) is 5.92 Å². The van der Waals surface area contributed by atoms with Gasteiger partial charge in [0.2, 0.25) is 12.3 Å². The first kappa shape index (κ1) is 28.8. The molecule has 0 aliphatic carbocycles. The van der Waals surface area contributed by atoms with Gasteiger partial charge in [-0.3, -0.25) is 19.6 Å². The number of phenols is 1. The van der Waals surface area contributed by atoms with Gasteiger partial charge in [-0.2, -0.15) is 0 Å². The lowest BCUT2D eigenvalue weighted by molar-refractivity contribution is -0.168. The number of amides is 3. The summed E-state index contributed by atoms with van der Waals surface area (Å²) in [5, 5.41) is 25.3. The summed E-state index contributed by atoms with van der Waals surface area (Å²) in [6, 6.07) is 5.99. The van der Waals surface area contributed by atoms with Crippen LogP contribution < -0.4 is 15.2 Å². The first-order valence-electron chi connectivity index (χ1n) is 11.5. The first-order valence-corrected chi connectivity index (χ1v) is 12.6. The summed E-state index contributed by atoms with van der Waals surface area (Å²) in [6.45, 7) is 3.57. The molecule has 0 fully saturated rings. The second-order valence-electron chi connectivity index (χ2n) is 8.00. The number of furan rings is 1. The monoisotopic (exact) mass is 524 g/mol. The molecule has 0 saturated carbocycles. The van der Waals surface area contributed by atoms with Gasteiger partial charge in [-0.15, -0.1) is 4.89 Å². The molecule has 2 rings (SSSR count). The van der Waals surface area contributed by atoms with Crippen LogP contribution in [-0.2, 0) is 14.2 Å². The lowest BCUT2D eigenvalue weighted by Gasteiger charge is -2.29. The molecule has 196 valence electrons. The molecule has 1 heterocycles. The van der Waals surface area contributed by atoms with Crippen molar-refractivity contribution in [2.24, 2.45) is 5.92 Å². The summed E-state index contributed by atoms with van der Waals surface area (Å²) < 4.78 is 21.1. The number of unbranched alkanes of at least 4 members (excludes halogenated alkanes) is 2. The molecule has 3 amide bonds. The molecule has 0 bridgehead atoms. The minimum absolute atomic E-state index is 0.0615. The van der Waals surface area contributed by atoms with Crippen molar-refractivity contribution in [3.8, 4) is 22.8 Å². The molecule has 0 aliphatic heterocycles. The maximum atomic E-state index is 12.8. The fourth-order valence-electron chi connectivity index (χ4n) is 3.76. The number of phenolic OH excluding ortho intramolecular Hbond substituents is 1. The molecule has 3 atom stereocenters. The van der Waals surface area contributed by atoms with Crippen molar-refractivity contribution in [3.05, 3.63) is 36.1 Å². The summed E-state index contributed by atoms with van der Waals surface area (Å²) in [7, 11) is -2.93. The Labute approximate surface area is 209 Å². The Hall–Kier alpha value is -3.47. The first-order chi connectivity index (χ1) is 17.2. The quantitative estimate of drug-likeness (QED) is 0.0584. The average molecular weight is 524 g/mol. The average Bonchev–Trinajstić information content (AvgIpc) is 3.33. The molecule has 0 aliphatic rings. The van der Waals surface area contributed by atoms with Crippen LogP contribution in [0.15, 0.2) is 34.7 Å². The van der Waals surface area contributed by atoms with Gasteiger partial charge in [-0.1, -0.05) is 33.1 Å². The number of hydroxylamine groups is 2. The Kier molecular flexibility index (Phi) is 11.3. The number of carbonyl (C=O) groups is 3. The minimum atomic E-state index is -2.93. The van der Waals surface area contributed by atoms with E-state index in [-0.39, 0.29) is 36.1 Å². The highest BCUT2D eigenvalue weighted by molar-refractivity contribution is 7.32. The summed E-state index contributed by atoms with van der Waals surface area (Å²) in [5.74, 6) is -1.87. The van der Waals surface area contributed by atoms with Crippen molar-refractivity contribution in [2.75, 3.05) is 6.67 Å². The van der Waals surface area contributed by atoms with Gasteiger partial charge >= 0.3 is 8.25 Å². The molecule has 13 heteroatoms. The number of hydrogen-bond acceptors (Lipinski definition) is 8. The molecule has 1 aromatic heterocycles. The summed E-state index contributed by atoms with van der Waals surface area (Å²) in [4.78, 5) is 45.2. The molecule has 1 aromatic carbocycles. The Morgan fingerprint density at radius 3 is 2.58 bits per heavy atom. The maximum Gasteiger partial charge on any atom is 0.747 e. The van der Waals surface area contributed by atoms with Crippen LogP contribution >= 0.6 is 8.25 Å². The van der Waals surface area contributed by atoms with Crippen LogP contribution in [0.2, 0.25) is 0 Å². The van der Waals surface area contributed by atoms with Crippen LogP contribution in [0.1, 0.15) is 56.5 Å². The predicted octanol–water partition coefficient (Wildman–Crippen LogP) is 3.31. The number of nitrogens with one attached hydrogen (secondary N) is 2. The third-order valence-electron chi connectivity index (χ3n) is 5.49. The SMILES string of the molecule is CCCCC[C@@H](C(=O)NCNC(=O)c1ccc(-c2cc(O)cc(O[P+](=O)O)c2)o1)[C@@H](CC)N(O)C=O. The van der Waals surface area contributed by atoms with E-state index >= 15 is 0 Å². The fourth-order valence-corrected chi connectivity index (χ4v) is 4.05. The van der Waals surface area contributed by atoms with Gasteiger partial charge in [0.15, 0.2) is 11.5 Å². The molecule has 0 spiro atoms. The Morgan fingerprint density at radius 1 is 1.19 bits per heavy atom. The van der Waals surface area contributed by atoms with Gasteiger partial charge < -0.3 is 20.2 Å². The Bertz CT molecular complexity index is 1060. The molecular formula is C23H31N3O9P+. The standard InChI is InChI=1S/C23H30N3O9P/c1-3-5-6-7-18(19(4-2)26(31)14-27)22(29)24-13-25-23(30)21-9-8-20(34-21)15-10-16(28)12-17(11-15)35-36(32)33/h8-12,14,18-19,31H,3-7,13H2,1-2H3,(H3-,24,25,28,29,30,32,33)/p+1/t18-,19-/m1/s1. The van der Waals surface area contributed by atoms with E-state index in [4.69, 9.17) is 9.31 Å². The van der Waals surface area contributed by atoms with E-state index in [9.17, 15) is 29.3 Å². The number of hydrogen-bond donors (Lipinski definition) is 5. The minimum Gasteiger partial charge on any atom is -0.508 e. The lowest BCUT2D eigenvalue weighted by atomic mass is 9.90. The Balaban J connectivity index is 2.01. The van der Waals surface area contributed by atoms with Crippen LogP contribution in [0.25, 0.3) is 11.3 Å². The lowest BCUT2D eigenvalue weighted by Crippen LogP contribution is -2.47. The van der Waals surface area contributed by atoms with Crippen molar-refractivity contribution in [1.82, 2.24) is 15.7 Å². The van der Waals surface area contributed by atoms with Crippen molar-refractivity contribution in [1.29, 1.82) is 0 Å². The van der Waals surface area contributed by atoms with Gasteiger partial charge in [0.05, 0.1) is 18.6 Å². The van der Waals surface area contributed by atoms with Gasteiger partial charge in [0.25, 0.3) is 5.91 Å². The molecule has 0 saturated heterocycles. The number of rotatable bonds is 15. The highest BCUT2D eigenvalue weighted by Gasteiger charge is 2.30. The normalized spacial score (nSPS) is 12.8. The van der Waals surface area contributed by atoms with Crippen LogP contribution in [0.4, 0.5) is 0 Å². The van der Waals surface area contributed by atoms with E-state index in [0.717, 1.165) is 25.3 Å². The van der Waals surface area contributed by atoms with E-state index in [1.54, 1.807) is 6.92 Å². The molecular weight excluding hydrogens is 493 g/mol. The number of aromatic hydroxyl groups is 1. The van der Waals surface area contributed by atoms with Crippen LogP contribution in [-0.4, -0.2) is 51.2 Å². The smallest absolute Gasteiger partial charge is 0.508 e. The summed E-state index contributed by atoms with van der Waals surface area (Å²) >= 11 is 0. The summed E-state index contributed by atoms with van der Waals surface area (Å²) in [6.07, 6.45) is 3.71. The van der Waals surface area contributed by atoms with Gasteiger partial charge in [0, 0.05) is 16.2 Å². The number of benzene rings is 1.